The van der Waals surface area contributed by atoms with E-state index >= 15 is 0 Å². The van der Waals surface area contributed by atoms with E-state index in [-0.39, 0.29) is 18.5 Å². The number of carbonyl (C=O) groups excluding carboxylic acids is 3. The number of nitrogens with zero attached hydrogens (tertiary/aromatic N) is 1. The molecule has 3 amide bonds. The molecule has 2 rings (SSSR count). The Morgan fingerprint density at radius 2 is 2.04 bits per heavy atom. The number of esters is 1. The number of allylic oxidation sites excluding steroid dienone is 1. The Labute approximate surface area is 158 Å². The summed E-state index contributed by atoms with van der Waals surface area (Å²) in [4.78, 5) is 38.2. The molecule has 146 valence electrons. The summed E-state index contributed by atoms with van der Waals surface area (Å²) in [6.45, 7) is 4.12. The fraction of sp³-hybridized carbons (Fsp3) is 0.421. The van der Waals surface area contributed by atoms with Crippen molar-refractivity contribution < 1.29 is 23.9 Å². The van der Waals surface area contributed by atoms with Crippen LogP contribution < -0.4 is 10.6 Å². The van der Waals surface area contributed by atoms with E-state index in [9.17, 15) is 14.4 Å². The minimum absolute atomic E-state index is 0.0667. The zero-order chi connectivity index (χ0) is 20.0. The van der Waals surface area contributed by atoms with Crippen molar-refractivity contribution in [1.29, 1.82) is 0 Å². The van der Waals surface area contributed by atoms with E-state index in [1.165, 1.54) is 19.1 Å². The van der Waals surface area contributed by atoms with Crippen LogP contribution >= 0.6 is 0 Å². The number of methoxy groups -OCH3 is 2. The predicted molar refractivity (Wildman–Crippen MR) is 99.9 cm³/mol. The van der Waals surface area contributed by atoms with Crippen molar-refractivity contribution in [2.24, 2.45) is 0 Å². The van der Waals surface area contributed by atoms with Gasteiger partial charge >= 0.3 is 12.0 Å². The van der Waals surface area contributed by atoms with Crippen molar-refractivity contribution in [1.82, 2.24) is 10.2 Å². The Hall–Kier alpha value is -2.87. The van der Waals surface area contributed by atoms with Crippen LogP contribution in [-0.2, 0) is 19.1 Å². The van der Waals surface area contributed by atoms with Gasteiger partial charge in [0.15, 0.2) is 0 Å². The number of hydrogen-bond donors (Lipinski definition) is 2. The summed E-state index contributed by atoms with van der Waals surface area (Å²) in [5.74, 6) is -0.802. The number of urea groups is 1. The average molecular weight is 375 g/mol. The van der Waals surface area contributed by atoms with E-state index in [1.54, 1.807) is 31.2 Å². The second kappa shape index (κ2) is 9.18. The Morgan fingerprint density at radius 1 is 1.30 bits per heavy atom. The first kappa shape index (κ1) is 20.4. The van der Waals surface area contributed by atoms with Gasteiger partial charge in [-0.1, -0.05) is 19.1 Å². The molecule has 1 heterocycles. The summed E-state index contributed by atoms with van der Waals surface area (Å²) in [5.41, 5.74) is 2.13. The molecule has 0 aromatic heterocycles. The molecule has 1 aliphatic rings. The Kier molecular flexibility index (Phi) is 6.95. The lowest BCUT2D eigenvalue weighted by Gasteiger charge is -2.35. The van der Waals surface area contributed by atoms with Gasteiger partial charge in [-0.05, 0) is 31.0 Å². The van der Waals surface area contributed by atoms with Crippen molar-refractivity contribution in [3.8, 4) is 0 Å². The summed E-state index contributed by atoms with van der Waals surface area (Å²) in [7, 11) is 2.74. The molecule has 0 fully saturated rings. The molecule has 1 aromatic carbocycles. The van der Waals surface area contributed by atoms with Crippen LogP contribution in [-0.4, -0.2) is 50.2 Å². The SMILES string of the molecule is CCCN1C(=O)N[C@@H](c2cccc(NC(=O)COC)c2)C(C(=O)OC)=C1C. The molecule has 0 saturated carbocycles. The van der Waals surface area contributed by atoms with Gasteiger partial charge in [-0.2, -0.15) is 0 Å². The van der Waals surface area contributed by atoms with Crippen LogP contribution in [0.2, 0.25) is 0 Å². The normalized spacial score (nSPS) is 16.8. The largest absolute Gasteiger partial charge is 0.466 e. The van der Waals surface area contributed by atoms with Gasteiger partial charge < -0.3 is 20.1 Å². The highest BCUT2D eigenvalue weighted by atomic mass is 16.5. The molecule has 8 nitrogen and oxygen atoms in total. The minimum atomic E-state index is -0.669. The highest BCUT2D eigenvalue weighted by Gasteiger charge is 2.35. The third kappa shape index (κ3) is 4.65. The third-order valence-corrected chi connectivity index (χ3v) is 4.23. The standard InChI is InChI=1S/C19H25N3O5/c1-5-9-22-12(2)16(18(24)27-4)17(21-19(22)25)13-7-6-8-14(10-13)20-15(23)11-26-3/h6-8,10,17H,5,9,11H2,1-4H3,(H,20,23)(H,21,25)/t17-/m0/s1. The van der Waals surface area contributed by atoms with Gasteiger partial charge in [0.05, 0.1) is 18.7 Å². The van der Waals surface area contributed by atoms with E-state index in [1.807, 2.05) is 6.92 Å². The van der Waals surface area contributed by atoms with Crippen LogP contribution in [0, 0.1) is 0 Å². The molecular weight excluding hydrogens is 350 g/mol. The zero-order valence-electron chi connectivity index (χ0n) is 16.0. The van der Waals surface area contributed by atoms with Crippen LogP contribution in [0.15, 0.2) is 35.5 Å². The molecule has 0 radical (unpaired) electrons. The monoisotopic (exact) mass is 375 g/mol. The van der Waals surface area contributed by atoms with Crippen molar-refractivity contribution in [3.05, 3.63) is 41.1 Å². The van der Waals surface area contributed by atoms with Crippen LogP contribution in [0.3, 0.4) is 0 Å². The van der Waals surface area contributed by atoms with E-state index < -0.39 is 12.0 Å². The molecule has 2 N–H and O–H groups in total. The quantitative estimate of drug-likeness (QED) is 0.712. The summed E-state index contributed by atoms with van der Waals surface area (Å²) in [6.07, 6.45) is 0.755. The lowest BCUT2D eigenvalue weighted by molar-refractivity contribution is -0.136. The van der Waals surface area contributed by atoms with Gasteiger partial charge in [-0.3, -0.25) is 9.69 Å². The van der Waals surface area contributed by atoms with Crippen LogP contribution in [0.1, 0.15) is 31.9 Å². The van der Waals surface area contributed by atoms with E-state index in [0.29, 0.717) is 29.1 Å². The van der Waals surface area contributed by atoms with Gasteiger partial charge in [0, 0.05) is 25.0 Å². The predicted octanol–water partition coefficient (Wildman–Crippen LogP) is 2.19. The molecule has 0 saturated heterocycles. The maximum atomic E-state index is 12.5. The number of benzene rings is 1. The molecule has 0 unspecified atom stereocenters. The van der Waals surface area contributed by atoms with E-state index in [2.05, 4.69) is 10.6 Å². The highest BCUT2D eigenvalue weighted by molar-refractivity contribution is 5.95. The maximum absolute atomic E-state index is 12.5. The summed E-state index contributed by atoms with van der Waals surface area (Å²) in [5, 5.41) is 5.57. The Bertz CT molecular complexity index is 759. The van der Waals surface area contributed by atoms with Gasteiger partial charge in [-0.25, -0.2) is 9.59 Å². The first-order chi connectivity index (χ1) is 12.9. The van der Waals surface area contributed by atoms with Crippen molar-refractivity contribution in [2.75, 3.05) is 32.7 Å². The minimum Gasteiger partial charge on any atom is -0.466 e. The number of ether oxygens (including phenoxy) is 2. The molecule has 1 aromatic rings. The van der Waals surface area contributed by atoms with Crippen LogP contribution in [0.4, 0.5) is 10.5 Å². The highest BCUT2D eigenvalue weighted by Crippen LogP contribution is 2.32. The van der Waals surface area contributed by atoms with Gasteiger partial charge in [0.1, 0.15) is 6.61 Å². The average Bonchev–Trinajstić information content (AvgIpc) is 2.64. The van der Waals surface area contributed by atoms with Crippen molar-refractivity contribution in [3.63, 3.8) is 0 Å². The topological polar surface area (TPSA) is 97.0 Å². The van der Waals surface area contributed by atoms with Gasteiger partial charge in [-0.15, -0.1) is 0 Å². The number of rotatable bonds is 7. The smallest absolute Gasteiger partial charge is 0.337 e. The number of hydrogen-bond acceptors (Lipinski definition) is 5. The third-order valence-electron chi connectivity index (χ3n) is 4.23. The Morgan fingerprint density at radius 3 is 2.67 bits per heavy atom. The number of amides is 3. The molecule has 1 aliphatic heterocycles. The zero-order valence-corrected chi connectivity index (χ0v) is 16.0. The van der Waals surface area contributed by atoms with Crippen LogP contribution in [0.25, 0.3) is 0 Å². The lowest BCUT2D eigenvalue weighted by Crippen LogP contribution is -2.48. The van der Waals surface area contributed by atoms with Gasteiger partial charge in [0.2, 0.25) is 5.91 Å². The second-order valence-corrected chi connectivity index (χ2v) is 6.13. The van der Waals surface area contributed by atoms with Crippen LogP contribution in [0.5, 0.6) is 0 Å². The molecule has 1 atom stereocenters. The number of anilines is 1. The fourth-order valence-corrected chi connectivity index (χ4v) is 3.02. The molecule has 0 bridgehead atoms. The molecule has 0 spiro atoms. The van der Waals surface area contributed by atoms with Gasteiger partial charge in [0.25, 0.3) is 0 Å². The maximum Gasteiger partial charge on any atom is 0.337 e. The molecule has 0 aliphatic carbocycles. The lowest BCUT2D eigenvalue weighted by atomic mass is 9.94. The van der Waals surface area contributed by atoms with E-state index in [0.717, 1.165) is 6.42 Å². The fourth-order valence-electron chi connectivity index (χ4n) is 3.02. The van der Waals surface area contributed by atoms with E-state index in [4.69, 9.17) is 9.47 Å². The van der Waals surface area contributed by atoms with Crippen molar-refractivity contribution in [2.45, 2.75) is 26.3 Å². The Balaban J connectivity index is 2.42. The summed E-state index contributed by atoms with van der Waals surface area (Å²) >= 11 is 0. The number of nitrogens with one attached hydrogen (secondary N) is 2. The van der Waals surface area contributed by atoms with Crippen molar-refractivity contribution >= 4 is 23.6 Å². The first-order valence-corrected chi connectivity index (χ1v) is 8.68. The number of carbonyl (C=O) groups is 3. The second-order valence-electron chi connectivity index (χ2n) is 6.13. The summed E-state index contributed by atoms with van der Waals surface area (Å²) < 4.78 is 9.74. The first-order valence-electron chi connectivity index (χ1n) is 8.68. The molecule has 8 heteroatoms. The summed E-state index contributed by atoms with van der Waals surface area (Å²) in [6, 6.07) is 6.01. The molecule has 27 heavy (non-hydrogen) atoms. The molecular formula is C19H25N3O5.